The maximum Gasteiger partial charge on any atom is 0.248 e. The molecule has 2 saturated carbocycles. The van der Waals surface area contributed by atoms with E-state index < -0.39 is 18.8 Å². The summed E-state index contributed by atoms with van der Waals surface area (Å²) in [5.41, 5.74) is 2.26. The van der Waals surface area contributed by atoms with E-state index in [1.165, 1.54) is 0 Å². The van der Waals surface area contributed by atoms with Crippen molar-refractivity contribution in [3.63, 3.8) is 0 Å². The zero-order valence-electron chi connectivity index (χ0n) is 16.7. The van der Waals surface area contributed by atoms with E-state index in [1.807, 2.05) is 12.3 Å². The molecule has 2 aromatic rings. The van der Waals surface area contributed by atoms with Gasteiger partial charge < -0.3 is 5.32 Å². The Hall–Kier alpha value is -2.19. The maximum absolute atomic E-state index is 13.4. The molecular formula is C21H26F4N4O. The van der Waals surface area contributed by atoms with Crippen LogP contribution < -0.4 is 5.32 Å². The highest BCUT2D eigenvalue weighted by Gasteiger charge is 2.35. The molecule has 1 amide bonds. The molecule has 1 unspecified atom stereocenters. The number of carbonyl (C=O) groups is 1. The lowest BCUT2D eigenvalue weighted by Gasteiger charge is -2.27. The highest BCUT2D eigenvalue weighted by atomic mass is 19.3. The zero-order chi connectivity index (χ0) is 21.3. The first kappa shape index (κ1) is 21.1. The summed E-state index contributed by atoms with van der Waals surface area (Å²) >= 11 is 0. The van der Waals surface area contributed by atoms with Crippen LogP contribution in [0.15, 0.2) is 18.5 Å². The quantitative estimate of drug-likeness (QED) is 0.622. The number of nitrogens with zero attached hydrogens (tertiary/aromatic N) is 3. The van der Waals surface area contributed by atoms with Gasteiger partial charge in [-0.3, -0.25) is 4.79 Å². The van der Waals surface area contributed by atoms with Crippen molar-refractivity contribution in [3.05, 3.63) is 29.7 Å². The van der Waals surface area contributed by atoms with Gasteiger partial charge in [-0.1, -0.05) is 0 Å². The van der Waals surface area contributed by atoms with Crippen molar-refractivity contribution >= 4 is 11.6 Å². The lowest BCUT2D eigenvalue weighted by molar-refractivity contribution is -0.122. The molecule has 2 heterocycles. The fourth-order valence-electron chi connectivity index (χ4n) is 4.20. The average molecular weight is 426 g/mol. The molecule has 2 aromatic heterocycles. The monoisotopic (exact) mass is 426 g/mol. The largest absolute Gasteiger partial charge is 0.349 e. The third-order valence-electron chi connectivity index (χ3n) is 6.08. The van der Waals surface area contributed by atoms with Crippen molar-refractivity contribution in [2.45, 2.75) is 76.2 Å². The van der Waals surface area contributed by atoms with Gasteiger partial charge in [-0.15, -0.1) is 0 Å². The number of amides is 1. The predicted molar refractivity (Wildman–Crippen MR) is 102 cm³/mol. The maximum atomic E-state index is 13.4. The van der Waals surface area contributed by atoms with E-state index in [0.717, 1.165) is 24.1 Å². The van der Waals surface area contributed by atoms with Crippen molar-refractivity contribution in [2.75, 3.05) is 0 Å². The van der Waals surface area contributed by atoms with Gasteiger partial charge in [0, 0.05) is 25.7 Å². The fraction of sp³-hybridized carbons (Fsp3) is 0.667. The molecule has 30 heavy (non-hydrogen) atoms. The molecule has 2 fully saturated rings. The second-order valence-corrected chi connectivity index (χ2v) is 8.64. The standard InChI is InChI=1S/C21H26F4N4O/c22-17(23)3-4-19(30)28-20(14-1-2-14)15-10-18-27-16(12-29(18)26-11-15)9-13-5-7-21(24,25)8-6-13/h10-14,17,20H,1-9H2,(H,28,30). The van der Waals surface area contributed by atoms with Crippen LogP contribution in [0.3, 0.4) is 0 Å². The summed E-state index contributed by atoms with van der Waals surface area (Å²) < 4.78 is 53.1. The molecule has 4 rings (SSSR count). The number of hydrogen-bond donors (Lipinski definition) is 1. The smallest absolute Gasteiger partial charge is 0.248 e. The van der Waals surface area contributed by atoms with E-state index in [4.69, 9.17) is 0 Å². The molecule has 0 saturated heterocycles. The van der Waals surface area contributed by atoms with Crippen molar-refractivity contribution in [3.8, 4) is 0 Å². The minimum atomic E-state index is -2.54. The van der Waals surface area contributed by atoms with Crippen molar-refractivity contribution in [2.24, 2.45) is 11.8 Å². The molecule has 0 aromatic carbocycles. The summed E-state index contributed by atoms with van der Waals surface area (Å²) in [4.78, 5) is 16.7. The highest BCUT2D eigenvalue weighted by molar-refractivity contribution is 5.76. The van der Waals surface area contributed by atoms with E-state index in [1.54, 1.807) is 10.7 Å². The Balaban J connectivity index is 1.44. The molecule has 1 atom stereocenters. The van der Waals surface area contributed by atoms with Crippen LogP contribution in [0, 0.1) is 11.8 Å². The zero-order valence-corrected chi connectivity index (χ0v) is 16.7. The van der Waals surface area contributed by atoms with Gasteiger partial charge >= 0.3 is 0 Å². The number of hydrogen-bond acceptors (Lipinski definition) is 3. The van der Waals surface area contributed by atoms with E-state index in [0.29, 0.717) is 24.9 Å². The molecule has 0 spiro atoms. The minimum absolute atomic E-state index is 0.0677. The Labute approximate surface area is 172 Å². The summed E-state index contributed by atoms with van der Waals surface area (Å²) in [5, 5.41) is 7.27. The number of alkyl halides is 4. The van der Waals surface area contributed by atoms with Crippen LogP contribution in [0.1, 0.15) is 68.7 Å². The van der Waals surface area contributed by atoms with Gasteiger partial charge in [-0.05, 0) is 55.6 Å². The molecular weight excluding hydrogens is 400 g/mol. The summed E-state index contributed by atoms with van der Waals surface area (Å²) in [6, 6.07) is 1.61. The third kappa shape index (κ3) is 5.29. The predicted octanol–water partition coefficient (Wildman–Crippen LogP) is 4.71. The number of aromatic nitrogens is 3. The Morgan fingerprint density at radius 2 is 1.97 bits per heavy atom. The Morgan fingerprint density at radius 3 is 2.63 bits per heavy atom. The summed E-state index contributed by atoms with van der Waals surface area (Å²) in [6.07, 6.45) is 3.79. The second kappa shape index (κ2) is 8.51. The Bertz CT molecular complexity index is 886. The van der Waals surface area contributed by atoms with E-state index in [9.17, 15) is 22.4 Å². The van der Waals surface area contributed by atoms with Crippen LogP contribution in [0.4, 0.5) is 17.6 Å². The lowest BCUT2D eigenvalue weighted by atomic mass is 9.84. The molecule has 2 aliphatic carbocycles. The van der Waals surface area contributed by atoms with Crippen LogP contribution in [-0.4, -0.2) is 32.9 Å². The summed E-state index contributed by atoms with van der Waals surface area (Å²) in [6.45, 7) is 0. The third-order valence-corrected chi connectivity index (χ3v) is 6.08. The number of fused-ring (bicyclic) bond motifs is 1. The molecule has 0 radical (unpaired) electrons. The van der Waals surface area contributed by atoms with Crippen LogP contribution >= 0.6 is 0 Å². The van der Waals surface area contributed by atoms with Crippen LogP contribution in [0.5, 0.6) is 0 Å². The molecule has 0 bridgehead atoms. The van der Waals surface area contributed by atoms with Gasteiger partial charge in [-0.2, -0.15) is 5.10 Å². The van der Waals surface area contributed by atoms with Crippen molar-refractivity contribution in [1.29, 1.82) is 0 Å². The number of halogens is 4. The number of carbonyl (C=O) groups excluding carboxylic acids is 1. The molecule has 164 valence electrons. The molecule has 1 N–H and O–H groups in total. The molecule has 0 aliphatic heterocycles. The first-order valence-electron chi connectivity index (χ1n) is 10.6. The average Bonchev–Trinajstić information content (AvgIpc) is 3.45. The van der Waals surface area contributed by atoms with Gasteiger partial charge in [0.05, 0.1) is 24.1 Å². The van der Waals surface area contributed by atoms with Crippen LogP contribution in [0.2, 0.25) is 0 Å². The van der Waals surface area contributed by atoms with Crippen molar-refractivity contribution < 1.29 is 22.4 Å². The number of rotatable bonds is 8. The van der Waals surface area contributed by atoms with Crippen molar-refractivity contribution in [1.82, 2.24) is 19.9 Å². The van der Waals surface area contributed by atoms with Gasteiger partial charge in [0.2, 0.25) is 18.3 Å². The fourth-order valence-corrected chi connectivity index (χ4v) is 4.20. The van der Waals surface area contributed by atoms with E-state index in [2.05, 4.69) is 15.4 Å². The minimum Gasteiger partial charge on any atom is -0.349 e. The number of nitrogens with one attached hydrogen (secondary N) is 1. The molecule has 2 aliphatic rings. The highest BCUT2D eigenvalue weighted by Crippen LogP contribution is 2.41. The summed E-state index contributed by atoms with van der Waals surface area (Å²) in [5.74, 6) is -2.45. The van der Waals surface area contributed by atoms with Gasteiger partial charge in [0.25, 0.3) is 0 Å². The van der Waals surface area contributed by atoms with E-state index in [-0.39, 0.29) is 43.0 Å². The first-order valence-corrected chi connectivity index (χ1v) is 10.6. The molecule has 9 heteroatoms. The summed E-state index contributed by atoms with van der Waals surface area (Å²) in [7, 11) is 0. The van der Waals surface area contributed by atoms with Gasteiger partial charge in [-0.25, -0.2) is 27.1 Å². The molecule has 5 nitrogen and oxygen atoms in total. The Morgan fingerprint density at radius 1 is 1.23 bits per heavy atom. The van der Waals surface area contributed by atoms with Crippen LogP contribution in [0.25, 0.3) is 5.65 Å². The first-order chi connectivity index (χ1) is 14.3. The van der Waals surface area contributed by atoms with Gasteiger partial charge in [0.15, 0.2) is 5.65 Å². The normalized spacial score (nSPS) is 20.6. The van der Waals surface area contributed by atoms with E-state index >= 15 is 0 Å². The topological polar surface area (TPSA) is 59.3 Å². The SMILES string of the molecule is O=C(CCC(F)F)NC(c1cnn2cc(CC3CCC(F)(F)CC3)nc2c1)C1CC1. The van der Waals surface area contributed by atoms with Crippen LogP contribution in [-0.2, 0) is 11.2 Å². The number of imidazole rings is 1. The van der Waals surface area contributed by atoms with Gasteiger partial charge in [0.1, 0.15) is 0 Å². The second-order valence-electron chi connectivity index (χ2n) is 8.64. The Kier molecular flexibility index (Phi) is 5.97. The lowest BCUT2D eigenvalue weighted by Crippen LogP contribution is -2.30.